The summed E-state index contributed by atoms with van der Waals surface area (Å²) < 4.78 is 16.2. The Morgan fingerprint density at radius 2 is 1.84 bits per heavy atom. The van der Waals surface area contributed by atoms with Crippen LogP contribution in [0.25, 0.3) is 0 Å². The number of rotatable bonds is 9. The van der Waals surface area contributed by atoms with E-state index in [1.807, 2.05) is 11.8 Å². The predicted molar refractivity (Wildman–Crippen MR) is 78.0 cm³/mol. The van der Waals surface area contributed by atoms with Gasteiger partial charge in [-0.05, 0) is 30.1 Å². The van der Waals surface area contributed by atoms with Gasteiger partial charge in [-0.15, -0.1) is 0 Å². The molecule has 0 spiro atoms. The molecule has 0 fully saturated rings. The molecule has 106 valence electrons. The van der Waals surface area contributed by atoms with Gasteiger partial charge in [-0.1, -0.05) is 6.92 Å². The van der Waals surface area contributed by atoms with Gasteiger partial charge in [0, 0.05) is 5.56 Å². The third-order valence-corrected chi connectivity index (χ3v) is 3.49. The fraction of sp³-hybridized carbons (Fsp3) is 0.500. The molecule has 0 saturated carbocycles. The Morgan fingerprint density at radius 1 is 1.21 bits per heavy atom. The molecule has 0 amide bonds. The van der Waals surface area contributed by atoms with Crippen molar-refractivity contribution in [3.63, 3.8) is 0 Å². The van der Waals surface area contributed by atoms with Gasteiger partial charge in [0.1, 0.15) is 6.29 Å². The molecular formula is C14H20O4S. The maximum atomic E-state index is 10.8. The lowest BCUT2D eigenvalue weighted by molar-refractivity contribution is 0.112. The first-order valence-electron chi connectivity index (χ1n) is 6.18. The van der Waals surface area contributed by atoms with Crippen molar-refractivity contribution >= 4 is 18.0 Å². The summed E-state index contributed by atoms with van der Waals surface area (Å²) in [5.74, 6) is 3.76. The van der Waals surface area contributed by atoms with Gasteiger partial charge in [0.2, 0.25) is 5.75 Å². The van der Waals surface area contributed by atoms with E-state index in [4.69, 9.17) is 14.2 Å². The molecule has 19 heavy (non-hydrogen) atoms. The third kappa shape index (κ3) is 4.67. The number of hydrogen-bond donors (Lipinski definition) is 0. The maximum Gasteiger partial charge on any atom is 0.203 e. The minimum atomic E-state index is 0.502. The van der Waals surface area contributed by atoms with Crippen LogP contribution in [0.5, 0.6) is 17.2 Å². The van der Waals surface area contributed by atoms with Crippen LogP contribution >= 0.6 is 11.8 Å². The van der Waals surface area contributed by atoms with Crippen LogP contribution in [-0.2, 0) is 0 Å². The van der Waals surface area contributed by atoms with Gasteiger partial charge in [0.15, 0.2) is 11.5 Å². The van der Waals surface area contributed by atoms with Gasteiger partial charge < -0.3 is 14.2 Å². The molecule has 1 aromatic rings. The second-order valence-corrected chi connectivity index (χ2v) is 5.17. The summed E-state index contributed by atoms with van der Waals surface area (Å²) in [4.78, 5) is 10.8. The molecule has 0 atom stereocenters. The predicted octanol–water partition coefficient (Wildman–Crippen LogP) is 3.04. The zero-order valence-corrected chi connectivity index (χ0v) is 12.4. The molecule has 0 aliphatic carbocycles. The molecule has 0 heterocycles. The van der Waals surface area contributed by atoms with Crippen LogP contribution in [0.1, 0.15) is 23.7 Å². The Bertz CT molecular complexity index is 381. The van der Waals surface area contributed by atoms with Crippen molar-refractivity contribution < 1.29 is 19.0 Å². The average Bonchev–Trinajstić information content (AvgIpc) is 2.46. The van der Waals surface area contributed by atoms with Crippen LogP contribution < -0.4 is 14.2 Å². The minimum absolute atomic E-state index is 0.502. The van der Waals surface area contributed by atoms with Crippen molar-refractivity contribution in [2.45, 2.75) is 13.3 Å². The smallest absolute Gasteiger partial charge is 0.203 e. The molecule has 0 aromatic heterocycles. The highest BCUT2D eigenvalue weighted by Gasteiger charge is 2.13. The Hall–Kier alpha value is -1.36. The van der Waals surface area contributed by atoms with E-state index in [9.17, 15) is 4.79 Å². The zero-order chi connectivity index (χ0) is 14.1. The van der Waals surface area contributed by atoms with E-state index in [2.05, 4.69) is 6.92 Å². The molecule has 5 heteroatoms. The van der Waals surface area contributed by atoms with E-state index in [0.29, 0.717) is 29.4 Å². The van der Waals surface area contributed by atoms with E-state index in [0.717, 1.165) is 24.2 Å². The number of methoxy groups -OCH3 is 2. The van der Waals surface area contributed by atoms with Crippen molar-refractivity contribution in [1.29, 1.82) is 0 Å². The molecule has 1 rings (SSSR count). The summed E-state index contributed by atoms with van der Waals surface area (Å²) in [6.45, 7) is 2.73. The van der Waals surface area contributed by atoms with Gasteiger partial charge in [0.05, 0.1) is 20.8 Å². The number of carbonyl (C=O) groups excluding carboxylic acids is 1. The van der Waals surface area contributed by atoms with E-state index < -0.39 is 0 Å². The quantitative estimate of drug-likeness (QED) is 0.515. The molecule has 0 radical (unpaired) electrons. The summed E-state index contributed by atoms with van der Waals surface area (Å²) in [5, 5.41) is 0. The molecule has 0 bridgehead atoms. The van der Waals surface area contributed by atoms with Crippen LogP contribution in [0.15, 0.2) is 12.1 Å². The van der Waals surface area contributed by atoms with Gasteiger partial charge in [-0.2, -0.15) is 11.8 Å². The Balaban J connectivity index is 2.76. The standard InChI is InChI=1S/C14H20O4S/c1-4-19-7-5-6-18-14-12(16-2)8-11(10-15)9-13(14)17-3/h8-10H,4-7H2,1-3H3. The van der Waals surface area contributed by atoms with Crippen LogP contribution in [0, 0.1) is 0 Å². The highest BCUT2D eigenvalue weighted by atomic mass is 32.2. The molecule has 0 aliphatic heterocycles. The lowest BCUT2D eigenvalue weighted by Gasteiger charge is -2.14. The SMILES string of the molecule is CCSCCCOc1c(OC)cc(C=O)cc1OC. The molecule has 0 saturated heterocycles. The fourth-order valence-corrected chi connectivity index (χ4v) is 2.20. The summed E-state index contributed by atoms with van der Waals surface area (Å²) in [6.07, 6.45) is 1.72. The monoisotopic (exact) mass is 284 g/mol. The second-order valence-electron chi connectivity index (χ2n) is 3.77. The largest absolute Gasteiger partial charge is 0.493 e. The van der Waals surface area contributed by atoms with Crippen LogP contribution in [-0.4, -0.2) is 38.6 Å². The maximum absolute atomic E-state index is 10.8. The van der Waals surface area contributed by atoms with Crippen LogP contribution in [0.3, 0.4) is 0 Å². The number of ether oxygens (including phenoxy) is 3. The van der Waals surface area contributed by atoms with E-state index in [1.54, 1.807) is 26.4 Å². The highest BCUT2D eigenvalue weighted by molar-refractivity contribution is 7.99. The lowest BCUT2D eigenvalue weighted by atomic mass is 10.2. The first kappa shape index (κ1) is 15.7. The number of thioether (sulfide) groups is 1. The van der Waals surface area contributed by atoms with Crippen LogP contribution in [0.4, 0.5) is 0 Å². The Morgan fingerprint density at radius 3 is 2.32 bits per heavy atom. The van der Waals surface area contributed by atoms with Crippen LogP contribution in [0.2, 0.25) is 0 Å². The first-order chi connectivity index (χ1) is 9.26. The summed E-state index contributed by atoms with van der Waals surface area (Å²) in [5.41, 5.74) is 0.502. The van der Waals surface area contributed by atoms with E-state index >= 15 is 0 Å². The number of aldehydes is 1. The normalized spacial score (nSPS) is 10.1. The van der Waals surface area contributed by atoms with E-state index in [-0.39, 0.29) is 0 Å². The van der Waals surface area contributed by atoms with Crippen molar-refractivity contribution in [2.75, 3.05) is 32.3 Å². The number of hydrogen-bond acceptors (Lipinski definition) is 5. The fourth-order valence-electron chi connectivity index (χ4n) is 1.59. The van der Waals surface area contributed by atoms with Crippen molar-refractivity contribution in [2.24, 2.45) is 0 Å². The average molecular weight is 284 g/mol. The first-order valence-corrected chi connectivity index (χ1v) is 7.34. The van der Waals surface area contributed by atoms with Crippen molar-refractivity contribution in [3.8, 4) is 17.2 Å². The molecule has 0 N–H and O–H groups in total. The third-order valence-electron chi connectivity index (χ3n) is 2.50. The molecule has 1 aromatic carbocycles. The Kier molecular flexibility index (Phi) is 7.18. The zero-order valence-electron chi connectivity index (χ0n) is 11.6. The van der Waals surface area contributed by atoms with E-state index in [1.165, 1.54) is 0 Å². The molecule has 0 aliphatic rings. The second kappa shape index (κ2) is 8.69. The molecule has 0 unspecified atom stereocenters. The van der Waals surface area contributed by atoms with Gasteiger partial charge in [-0.3, -0.25) is 4.79 Å². The topological polar surface area (TPSA) is 44.8 Å². The van der Waals surface area contributed by atoms with Crippen molar-refractivity contribution in [3.05, 3.63) is 17.7 Å². The number of carbonyl (C=O) groups is 1. The van der Waals surface area contributed by atoms with Crippen molar-refractivity contribution in [1.82, 2.24) is 0 Å². The van der Waals surface area contributed by atoms with Gasteiger partial charge >= 0.3 is 0 Å². The lowest BCUT2D eigenvalue weighted by Crippen LogP contribution is -2.03. The molecular weight excluding hydrogens is 264 g/mol. The van der Waals surface area contributed by atoms with Gasteiger partial charge in [-0.25, -0.2) is 0 Å². The number of benzene rings is 1. The highest BCUT2D eigenvalue weighted by Crippen LogP contribution is 2.38. The summed E-state index contributed by atoms with van der Waals surface area (Å²) in [7, 11) is 3.09. The summed E-state index contributed by atoms with van der Waals surface area (Å²) in [6, 6.07) is 3.29. The van der Waals surface area contributed by atoms with Gasteiger partial charge in [0.25, 0.3) is 0 Å². The Labute approximate surface area is 118 Å². The minimum Gasteiger partial charge on any atom is -0.493 e. The molecule has 4 nitrogen and oxygen atoms in total. The summed E-state index contributed by atoms with van der Waals surface area (Å²) >= 11 is 1.88.